The van der Waals surface area contributed by atoms with Crippen LogP contribution in [0.2, 0.25) is 0 Å². The van der Waals surface area contributed by atoms with Gasteiger partial charge in [-0.3, -0.25) is 14.5 Å². The first-order valence-corrected chi connectivity index (χ1v) is 7.36. The fraction of sp³-hybridized carbons (Fsp3) is 0.500. The zero-order chi connectivity index (χ0) is 15.6. The van der Waals surface area contributed by atoms with Crippen LogP contribution in [-0.4, -0.2) is 28.8 Å². The maximum atomic E-state index is 13.3. The summed E-state index contributed by atoms with van der Waals surface area (Å²) < 4.78 is 13.3. The number of carbonyl (C=O) groups excluding carboxylic acids is 2. The minimum absolute atomic E-state index is 0.0505. The van der Waals surface area contributed by atoms with Gasteiger partial charge in [0, 0.05) is 11.7 Å². The summed E-state index contributed by atoms with van der Waals surface area (Å²) in [6, 6.07) is 3.73. The molecule has 1 aromatic rings. The Morgan fingerprint density at radius 1 is 1.33 bits per heavy atom. The third-order valence-corrected chi connectivity index (χ3v) is 4.02. The topological polar surface area (TPSA) is 49.4 Å². The molecular weight excluding hydrogens is 271 g/mol. The second-order valence-electron chi connectivity index (χ2n) is 5.43. The number of hydrogen-bond acceptors (Lipinski definition) is 3. The lowest BCUT2D eigenvalue weighted by molar-refractivity contribution is -0.141. The van der Waals surface area contributed by atoms with Crippen molar-refractivity contribution in [1.82, 2.24) is 4.90 Å². The molecule has 1 heterocycles. The van der Waals surface area contributed by atoms with Crippen molar-refractivity contribution in [2.45, 2.75) is 52.1 Å². The summed E-state index contributed by atoms with van der Waals surface area (Å²) in [5.74, 6) is -0.727. The number of imide groups is 1. The lowest BCUT2D eigenvalue weighted by Gasteiger charge is -2.24. The van der Waals surface area contributed by atoms with E-state index in [1.54, 1.807) is 6.07 Å². The van der Waals surface area contributed by atoms with Crippen LogP contribution in [-0.2, 0) is 9.59 Å². The molecule has 0 bridgehead atoms. The highest BCUT2D eigenvalue weighted by Crippen LogP contribution is 2.24. The molecule has 4 nitrogen and oxygen atoms in total. The second-order valence-corrected chi connectivity index (χ2v) is 5.43. The van der Waals surface area contributed by atoms with Crippen LogP contribution < -0.4 is 5.32 Å². The first kappa shape index (κ1) is 15.5. The van der Waals surface area contributed by atoms with Gasteiger partial charge in [-0.25, -0.2) is 4.39 Å². The number of rotatable bonds is 5. The number of halogens is 1. The zero-order valence-electron chi connectivity index (χ0n) is 12.6. The third-order valence-electron chi connectivity index (χ3n) is 4.02. The number of carbonyl (C=O) groups is 2. The zero-order valence-corrected chi connectivity index (χ0v) is 12.6. The van der Waals surface area contributed by atoms with E-state index in [1.165, 1.54) is 17.0 Å². The highest BCUT2D eigenvalue weighted by atomic mass is 19.1. The number of benzene rings is 1. The number of likely N-dealkylation sites (tertiary alicyclic amines) is 1. The summed E-state index contributed by atoms with van der Waals surface area (Å²) in [6.07, 6.45) is 1.63. The number of nitrogens with one attached hydrogen (secondary N) is 1. The molecule has 5 heteroatoms. The van der Waals surface area contributed by atoms with Crippen LogP contribution in [0.15, 0.2) is 18.2 Å². The van der Waals surface area contributed by atoms with Crippen molar-refractivity contribution in [1.29, 1.82) is 0 Å². The Balaban J connectivity index is 2.17. The van der Waals surface area contributed by atoms with E-state index in [0.29, 0.717) is 5.69 Å². The fourth-order valence-electron chi connectivity index (χ4n) is 2.74. The highest BCUT2D eigenvalue weighted by molar-refractivity contribution is 6.07. The number of aryl methyl sites for hydroxylation is 1. The summed E-state index contributed by atoms with van der Waals surface area (Å²) in [5, 5.41) is 3.01. The quantitative estimate of drug-likeness (QED) is 0.849. The third kappa shape index (κ3) is 3.06. The van der Waals surface area contributed by atoms with Crippen molar-refractivity contribution >= 4 is 17.5 Å². The minimum atomic E-state index is -0.599. The van der Waals surface area contributed by atoms with Gasteiger partial charge in [-0.1, -0.05) is 19.9 Å². The van der Waals surface area contributed by atoms with Gasteiger partial charge in [0.15, 0.2) is 0 Å². The Bertz CT molecular complexity index is 555. The molecular formula is C16H21FN2O2. The smallest absolute Gasteiger partial charge is 0.252 e. The van der Waals surface area contributed by atoms with Crippen molar-refractivity contribution in [2.75, 3.05) is 5.32 Å². The highest BCUT2D eigenvalue weighted by Gasteiger charge is 2.41. The van der Waals surface area contributed by atoms with E-state index in [-0.39, 0.29) is 30.1 Å². The minimum Gasteiger partial charge on any atom is -0.373 e. The molecule has 1 aromatic carbocycles. The average Bonchev–Trinajstić information content (AvgIpc) is 2.72. The predicted octanol–water partition coefficient (Wildman–Crippen LogP) is 2.86. The molecule has 0 aromatic heterocycles. The van der Waals surface area contributed by atoms with Gasteiger partial charge in [-0.05, 0) is 37.5 Å². The molecule has 2 amide bonds. The molecule has 1 aliphatic heterocycles. The van der Waals surface area contributed by atoms with Crippen LogP contribution in [0, 0.1) is 12.7 Å². The standard InChI is InChI=1S/C16H21FN2O2/c1-4-12(5-2)19-15(20)9-14(16(19)21)18-13-8-11(17)7-6-10(13)3/h6-8,12,14,18H,4-5,9H2,1-3H3. The molecule has 1 saturated heterocycles. The SMILES string of the molecule is CCC(CC)N1C(=O)CC(Nc2cc(F)ccc2C)C1=O. The maximum absolute atomic E-state index is 13.3. The molecule has 1 aliphatic rings. The van der Waals surface area contributed by atoms with Crippen molar-refractivity contribution in [2.24, 2.45) is 0 Å². The van der Waals surface area contributed by atoms with Crippen LogP contribution in [0.3, 0.4) is 0 Å². The van der Waals surface area contributed by atoms with Crippen LogP contribution >= 0.6 is 0 Å². The Morgan fingerprint density at radius 3 is 2.62 bits per heavy atom. The van der Waals surface area contributed by atoms with Gasteiger partial charge in [0.1, 0.15) is 11.9 Å². The van der Waals surface area contributed by atoms with E-state index in [0.717, 1.165) is 18.4 Å². The van der Waals surface area contributed by atoms with Crippen molar-refractivity contribution in [3.05, 3.63) is 29.6 Å². The molecule has 1 atom stereocenters. The van der Waals surface area contributed by atoms with E-state index in [2.05, 4.69) is 5.32 Å². The van der Waals surface area contributed by atoms with Crippen molar-refractivity contribution in [3.8, 4) is 0 Å². The number of anilines is 1. The molecule has 114 valence electrons. The van der Waals surface area contributed by atoms with Gasteiger partial charge in [0.2, 0.25) is 5.91 Å². The first-order valence-electron chi connectivity index (χ1n) is 7.36. The number of hydrogen-bond donors (Lipinski definition) is 1. The molecule has 1 fully saturated rings. The molecule has 0 saturated carbocycles. The molecule has 0 radical (unpaired) electrons. The second kappa shape index (κ2) is 6.24. The van der Waals surface area contributed by atoms with Gasteiger partial charge in [0.05, 0.1) is 6.42 Å². The van der Waals surface area contributed by atoms with E-state index >= 15 is 0 Å². The molecule has 0 aliphatic carbocycles. The summed E-state index contributed by atoms with van der Waals surface area (Å²) in [4.78, 5) is 25.9. The van der Waals surface area contributed by atoms with Crippen molar-refractivity contribution < 1.29 is 14.0 Å². The van der Waals surface area contributed by atoms with Crippen LogP contribution in [0.5, 0.6) is 0 Å². The lowest BCUT2D eigenvalue weighted by atomic mass is 10.1. The molecule has 2 rings (SSSR count). The summed E-state index contributed by atoms with van der Waals surface area (Å²) in [5.41, 5.74) is 1.41. The number of nitrogens with zero attached hydrogens (tertiary/aromatic N) is 1. The monoisotopic (exact) mass is 292 g/mol. The fourth-order valence-corrected chi connectivity index (χ4v) is 2.74. The van der Waals surface area contributed by atoms with E-state index < -0.39 is 6.04 Å². The molecule has 1 N–H and O–H groups in total. The van der Waals surface area contributed by atoms with Gasteiger partial charge in [-0.2, -0.15) is 0 Å². The van der Waals surface area contributed by atoms with E-state index in [1.807, 2.05) is 20.8 Å². The summed E-state index contributed by atoms with van der Waals surface area (Å²) in [7, 11) is 0. The summed E-state index contributed by atoms with van der Waals surface area (Å²) in [6.45, 7) is 5.76. The maximum Gasteiger partial charge on any atom is 0.252 e. The molecule has 21 heavy (non-hydrogen) atoms. The normalized spacial score (nSPS) is 18.7. The van der Waals surface area contributed by atoms with Gasteiger partial charge < -0.3 is 5.32 Å². The van der Waals surface area contributed by atoms with Gasteiger partial charge in [-0.15, -0.1) is 0 Å². The first-order chi connectivity index (χ1) is 9.97. The predicted molar refractivity (Wildman–Crippen MR) is 79.4 cm³/mol. The largest absolute Gasteiger partial charge is 0.373 e. The van der Waals surface area contributed by atoms with E-state index in [9.17, 15) is 14.0 Å². The molecule has 0 spiro atoms. The Labute approximate surface area is 124 Å². The summed E-state index contributed by atoms with van der Waals surface area (Å²) >= 11 is 0. The van der Waals surface area contributed by atoms with Gasteiger partial charge in [0.25, 0.3) is 5.91 Å². The molecule has 1 unspecified atom stereocenters. The van der Waals surface area contributed by atoms with Crippen molar-refractivity contribution in [3.63, 3.8) is 0 Å². The Kier molecular flexibility index (Phi) is 4.60. The van der Waals surface area contributed by atoms with Crippen LogP contribution in [0.4, 0.5) is 10.1 Å². The van der Waals surface area contributed by atoms with Gasteiger partial charge >= 0.3 is 0 Å². The lowest BCUT2D eigenvalue weighted by Crippen LogP contribution is -2.41. The average molecular weight is 292 g/mol. The number of amides is 2. The Morgan fingerprint density at radius 2 is 2.00 bits per heavy atom. The van der Waals surface area contributed by atoms with E-state index in [4.69, 9.17) is 0 Å². The van der Waals surface area contributed by atoms with Crippen LogP contribution in [0.1, 0.15) is 38.7 Å². The Hall–Kier alpha value is -1.91. The van der Waals surface area contributed by atoms with Crippen LogP contribution in [0.25, 0.3) is 0 Å².